The number of nitrogens with zero attached hydrogens (tertiary/aromatic N) is 1. The summed E-state index contributed by atoms with van der Waals surface area (Å²) in [4.78, 5) is 5.89. The molecule has 0 saturated carbocycles. The van der Waals surface area contributed by atoms with Gasteiger partial charge in [-0.1, -0.05) is 18.2 Å². The van der Waals surface area contributed by atoms with Crippen molar-refractivity contribution in [3.05, 3.63) is 48.5 Å². The molecule has 2 aromatic carbocycles. The SMILES string of the molecule is COCCOCCN=C(NCCSc1ccccc1)Nc1ccc2c(c1)OCCCO2. The van der Waals surface area contributed by atoms with Crippen molar-refractivity contribution in [2.24, 2.45) is 4.99 Å². The van der Waals surface area contributed by atoms with Crippen LogP contribution in [0.1, 0.15) is 6.42 Å². The first-order valence-corrected chi connectivity index (χ1v) is 11.5. The van der Waals surface area contributed by atoms with Gasteiger partial charge in [-0.2, -0.15) is 0 Å². The summed E-state index contributed by atoms with van der Waals surface area (Å²) in [5, 5.41) is 6.76. The minimum atomic E-state index is 0.538. The molecule has 0 unspecified atom stereocenters. The number of fused-ring (bicyclic) bond motifs is 1. The fourth-order valence-electron chi connectivity index (χ4n) is 2.84. The van der Waals surface area contributed by atoms with Gasteiger partial charge in [0.2, 0.25) is 0 Å². The van der Waals surface area contributed by atoms with Crippen molar-refractivity contribution < 1.29 is 18.9 Å². The van der Waals surface area contributed by atoms with Gasteiger partial charge in [0, 0.05) is 42.5 Å². The summed E-state index contributed by atoms with van der Waals surface area (Å²) in [5.41, 5.74) is 0.895. The van der Waals surface area contributed by atoms with Crippen molar-refractivity contribution in [2.75, 3.05) is 64.3 Å². The number of ether oxygens (including phenoxy) is 4. The van der Waals surface area contributed by atoms with Crippen molar-refractivity contribution in [2.45, 2.75) is 11.3 Å². The van der Waals surface area contributed by atoms with Gasteiger partial charge in [-0.25, -0.2) is 0 Å². The Kier molecular flexibility index (Phi) is 10.3. The Hall–Kier alpha value is -2.42. The molecule has 7 nitrogen and oxygen atoms in total. The van der Waals surface area contributed by atoms with Gasteiger partial charge in [0.05, 0.1) is 39.6 Å². The maximum absolute atomic E-state index is 5.79. The normalized spacial score (nSPS) is 13.5. The largest absolute Gasteiger partial charge is 0.490 e. The molecule has 0 aromatic heterocycles. The van der Waals surface area contributed by atoms with Gasteiger partial charge >= 0.3 is 0 Å². The Morgan fingerprint density at radius 1 is 1.03 bits per heavy atom. The van der Waals surface area contributed by atoms with Crippen molar-refractivity contribution >= 4 is 23.4 Å². The third-order valence-electron chi connectivity index (χ3n) is 4.35. The van der Waals surface area contributed by atoms with E-state index in [2.05, 4.69) is 39.9 Å². The molecular weight excluding hydrogens is 414 g/mol. The Labute approximate surface area is 188 Å². The van der Waals surface area contributed by atoms with Crippen LogP contribution >= 0.6 is 11.8 Å². The number of methoxy groups -OCH3 is 1. The fourth-order valence-corrected chi connectivity index (χ4v) is 3.63. The highest BCUT2D eigenvalue weighted by Gasteiger charge is 2.11. The van der Waals surface area contributed by atoms with Gasteiger partial charge in [-0.15, -0.1) is 11.8 Å². The zero-order valence-corrected chi connectivity index (χ0v) is 18.8. The summed E-state index contributed by atoms with van der Waals surface area (Å²) in [7, 11) is 1.66. The zero-order chi connectivity index (χ0) is 21.6. The lowest BCUT2D eigenvalue weighted by Gasteiger charge is -2.14. The number of guanidine groups is 1. The van der Waals surface area contributed by atoms with E-state index in [1.54, 1.807) is 18.9 Å². The molecule has 2 N–H and O–H groups in total. The van der Waals surface area contributed by atoms with Gasteiger partial charge in [-0.05, 0) is 24.3 Å². The molecule has 0 radical (unpaired) electrons. The number of benzene rings is 2. The van der Waals surface area contributed by atoms with Gasteiger partial charge in [0.1, 0.15) is 0 Å². The van der Waals surface area contributed by atoms with E-state index in [1.807, 2.05) is 24.3 Å². The number of aliphatic imine (C=N–C) groups is 1. The van der Waals surface area contributed by atoms with E-state index in [-0.39, 0.29) is 0 Å². The lowest BCUT2D eigenvalue weighted by Crippen LogP contribution is -2.33. The molecule has 0 aliphatic carbocycles. The highest BCUT2D eigenvalue weighted by molar-refractivity contribution is 7.99. The monoisotopic (exact) mass is 445 g/mol. The second-order valence-corrected chi connectivity index (χ2v) is 7.93. The molecule has 0 spiro atoms. The van der Waals surface area contributed by atoms with E-state index in [0.717, 1.165) is 35.9 Å². The first-order valence-electron chi connectivity index (χ1n) is 10.5. The number of hydrogen-bond donors (Lipinski definition) is 2. The Balaban J connectivity index is 1.54. The number of thioether (sulfide) groups is 1. The number of hydrogen-bond acceptors (Lipinski definition) is 6. The van der Waals surface area contributed by atoms with E-state index >= 15 is 0 Å². The van der Waals surface area contributed by atoms with E-state index in [4.69, 9.17) is 18.9 Å². The molecule has 8 heteroatoms. The standard InChI is InChI=1S/C23H31N3O4S/c1-27-15-16-28-14-10-24-23(25-11-17-31-20-6-3-2-4-7-20)26-19-8-9-21-22(18-19)30-13-5-12-29-21/h2-4,6-9,18H,5,10-17H2,1H3,(H2,24,25,26). The van der Waals surface area contributed by atoms with Crippen LogP contribution in [0.25, 0.3) is 0 Å². The Bertz CT molecular complexity index is 805. The highest BCUT2D eigenvalue weighted by Crippen LogP contribution is 2.32. The fraction of sp³-hybridized carbons (Fsp3) is 0.435. The quantitative estimate of drug-likeness (QED) is 0.237. The molecule has 0 bridgehead atoms. The maximum Gasteiger partial charge on any atom is 0.195 e. The van der Waals surface area contributed by atoms with E-state index in [0.29, 0.717) is 45.5 Å². The van der Waals surface area contributed by atoms with Crippen LogP contribution in [0.5, 0.6) is 11.5 Å². The molecular formula is C23H31N3O4S. The second kappa shape index (κ2) is 13.8. The molecule has 3 rings (SSSR count). The van der Waals surface area contributed by atoms with Crippen LogP contribution in [0.15, 0.2) is 58.4 Å². The van der Waals surface area contributed by atoms with Crippen LogP contribution < -0.4 is 20.1 Å². The summed E-state index contributed by atoms with van der Waals surface area (Å²) >= 11 is 1.81. The molecule has 2 aromatic rings. The molecule has 168 valence electrons. The second-order valence-electron chi connectivity index (χ2n) is 6.76. The van der Waals surface area contributed by atoms with Gasteiger partial charge in [0.25, 0.3) is 0 Å². The summed E-state index contributed by atoms with van der Waals surface area (Å²) < 4.78 is 22.0. The van der Waals surface area contributed by atoms with Gasteiger partial charge in [0.15, 0.2) is 17.5 Å². The minimum absolute atomic E-state index is 0.538. The van der Waals surface area contributed by atoms with Crippen LogP contribution in [-0.2, 0) is 9.47 Å². The van der Waals surface area contributed by atoms with Crippen molar-refractivity contribution in [3.63, 3.8) is 0 Å². The van der Waals surface area contributed by atoms with Crippen molar-refractivity contribution in [3.8, 4) is 11.5 Å². The van der Waals surface area contributed by atoms with Gasteiger partial charge in [-0.3, -0.25) is 4.99 Å². The lowest BCUT2D eigenvalue weighted by atomic mass is 10.3. The Morgan fingerprint density at radius 2 is 1.87 bits per heavy atom. The predicted octanol–water partition coefficient (Wildman–Crippen LogP) is 3.66. The first kappa shape index (κ1) is 23.2. The van der Waals surface area contributed by atoms with Crippen LogP contribution in [0, 0.1) is 0 Å². The van der Waals surface area contributed by atoms with Crippen LogP contribution in [-0.4, -0.2) is 64.9 Å². The lowest BCUT2D eigenvalue weighted by molar-refractivity contribution is 0.0748. The first-order chi connectivity index (χ1) is 15.3. The third kappa shape index (κ3) is 8.69. The summed E-state index contributed by atoms with van der Waals surface area (Å²) in [6, 6.07) is 16.2. The van der Waals surface area contributed by atoms with Crippen LogP contribution in [0.4, 0.5) is 5.69 Å². The molecule has 31 heavy (non-hydrogen) atoms. The molecule has 0 fully saturated rings. The number of nitrogens with one attached hydrogen (secondary N) is 2. The summed E-state index contributed by atoms with van der Waals surface area (Å²) in [6.45, 7) is 4.35. The number of rotatable bonds is 11. The van der Waals surface area contributed by atoms with E-state index < -0.39 is 0 Å². The molecule has 1 heterocycles. The van der Waals surface area contributed by atoms with E-state index in [1.165, 1.54) is 4.90 Å². The highest BCUT2D eigenvalue weighted by atomic mass is 32.2. The van der Waals surface area contributed by atoms with Gasteiger partial charge < -0.3 is 29.6 Å². The van der Waals surface area contributed by atoms with Crippen molar-refractivity contribution in [1.29, 1.82) is 0 Å². The number of anilines is 1. The van der Waals surface area contributed by atoms with Crippen LogP contribution in [0.2, 0.25) is 0 Å². The summed E-state index contributed by atoms with van der Waals surface area (Å²) in [5.74, 6) is 3.17. The summed E-state index contributed by atoms with van der Waals surface area (Å²) in [6.07, 6.45) is 0.883. The molecule has 1 aliphatic heterocycles. The smallest absolute Gasteiger partial charge is 0.195 e. The third-order valence-corrected chi connectivity index (χ3v) is 5.37. The van der Waals surface area contributed by atoms with Crippen LogP contribution in [0.3, 0.4) is 0 Å². The van der Waals surface area contributed by atoms with E-state index in [9.17, 15) is 0 Å². The molecule has 1 aliphatic rings. The average molecular weight is 446 g/mol. The molecule has 0 atom stereocenters. The Morgan fingerprint density at radius 3 is 2.71 bits per heavy atom. The topological polar surface area (TPSA) is 73.3 Å². The minimum Gasteiger partial charge on any atom is -0.490 e. The molecule has 0 amide bonds. The molecule has 0 saturated heterocycles. The average Bonchev–Trinajstić information content (AvgIpc) is 3.04. The maximum atomic E-state index is 5.79. The van der Waals surface area contributed by atoms with Crippen molar-refractivity contribution in [1.82, 2.24) is 5.32 Å². The zero-order valence-electron chi connectivity index (χ0n) is 18.0. The predicted molar refractivity (Wildman–Crippen MR) is 126 cm³/mol.